The van der Waals surface area contributed by atoms with E-state index in [0.717, 1.165) is 11.1 Å². The number of H-pyrrole nitrogens is 1. The number of aromatic amines is 1. The second kappa shape index (κ2) is 7.78. The quantitative estimate of drug-likeness (QED) is 0.514. The Kier molecular flexibility index (Phi) is 5.04. The molecule has 0 aliphatic rings. The number of nitrogens with one attached hydrogen (secondary N) is 1. The highest BCUT2D eigenvalue weighted by Gasteiger charge is 2.20. The summed E-state index contributed by atoms with van der Waals surface area (Å²) in [4.78, 5) is 33.5. The highest BCUT2D eigenvalue weighted by Crippen LogP contribution is 2.29. The SMILES string of the molecule is Cc1c(C(=O)OCCc2ccccc2)sc2nc(-c3ccccc3)[nH]c(=O)c12. The third kappa shape index (κ3) is 3.59. The van der Waals surface area contributed by atoms with Crippen LogP contribution in [-0.2, 0) is 11.2 Å². The first-order chi connectivity index (χ1) is 13.6. The zero-order chi connectivity index (χ0) is 19.5. The maximum atomic E-state index is 12.6. The molecule has 0 saturated heterocycles. The highest BCUT2D eigenvalue weighted by molar-refractivity contribution is 7.20. The molecular formula is C22H18N2O3S. The van der Waals surface area contributed by atoms with Crippen LogP contribution in [0, 0.1) is 6.92 Å². The van der Waals surface area contributed by atoms with Gasteiger partial charge in [-0.25, -0.2) is 9.78 Å². The van der Waals surface area contributed by atoms with Crippen molar-refractivity contribution in [2.45, 2.75) is 13.3 Å². The maximum absolute atomic E-state index is 12.6. The predicted octanol–water partition coefficient (Wildman–Crippen LogP) is 4.36. The molecule has 1 N–H and O–H groups in total. The number of nitrogens with zero attached hydrogens (tertiary/aromatic N) is 1. The topological polar surface area (TPSA) is 72.0 Å². The minimum atomic E-state index is -0.419. The van der Waals surface area contributed by atoms with Crippen LogP contribution in [0.2, 0.25) is 0 Å². The number of carbonyl (C=O) groups is 1. The van der Waals surface area contributed by atoms with Crippen LogP contribution in [0.1, 0.15) is 20.8 Å². The number of carbonyl (C=O) groups excluding carboxylic acids is 1. The molecule has 4 aromatic rings. The molecule has 0 aliphatic carbocycles. The lowest BCUT2D eigenvalue weighted by atomic mass is 10.2. The van der Waals surface area contributed by atoms with Gasteiger partial charge in [0.05, 0.1) is 12.0 Å². The van der Waals surface area contributed by atoms with Crippen LogP contribution >= 0.6 is 11.3 Å². The minimum absolute atomic E-state index is 0.249. The average Bonchev–Trinajstić information content (AvgIpc) is 3.06. The second-order valence-electron chi connectivity index (χ2n) is 6.39. The van der Waals surface area contributed by atoms with Gasteiger partial charge in [0.25, 0.3) is 5.56 Å². The summed E-state index contributed by atoms with van der Waals surface area (Å²) in [6.45, 7) is 2.04. The lowest BCUT2D eigenvalue weighted by molar-refractivity contribution is 0.0514. The first-order valence-corrected chi connectivity index (χ1v) is 9.75. The van der Waals surface area contributed by atoms with E-state index in [1.165, 1.54) is 11.3 Å². The molecule has 0 amide bonds. The second-order valence-corrected chi connectivity index (χ2v) is 7.39. The fourth-order valence-corrected chi connectivity index (χ4v) is 4.12. The van der Waals surface area contributed by atoms with Gasteiger partial charge < -0.3 is 9.72 Å². The normalized spacial score (nSPS) is 10.9. The van der Waals surface area contributed by atoms with Crippen molar-refractivity contribution in [3.63, 3.8) is 0 Å². The summed E-state index contributed by atoms with van der Waals surface area (Å²) in [6.07, 6.45) is 0.646. The Morgan fingerprint density at radius 3 is 2.46 bits per heavy atom. The lowest BCUT2D eigenvalue weighted by Crippen LogP contribution is -2.10. The fraction of sp³-hybridized carbons (Fsp3) is 0.136. The largest absolute Gasteiger partial charge is 0.461 e. The van der Waals surface area contributed by atoms with Crippen LogP contribution in [0.5, 0.6) is 0 Å². The van der Waals surface area contributed by atoms with Gasteiger partial charge in [-0.2, -0.15) is 0 Å². The van der Waals surface area contributed by atoms with Gasteiger partial charge in [-0.1, -0.05) is 60.7 Å². The van der Waals surface area contributed by atoms with E-state index >= 15 is 0 Å². The maximum Gasteiger partial charge on any atom is 0.348 e. The Hall–Kier alpha value is -3.25. The van der Waals surface area contributed by atoms with Crippen LogP contribution in [0.25, 0.3) is 21.6 Å². The number of aromatic nitrogens is 2. The number of hydrogen-bond donors (Lipinski definition) is 1. The molecule has 140 valence electrons. The van der Waals surface area contributed by atoms with E-state index in [4.69, 9.17) is 4.74 Å². The molecule has 6 heteroatoms. The molecule has 0 bridgehead atoms. The van der Waals surface area contributed by atoms with E-state index in [1.54, 1.807) is 6.92 Å². The molecule has 28 heavy (non-hydrogen) atoms. The highest BCUT2D eigenvalue weighted by atomic mass is 32.1. The van der Waals surface area contributed by atoms with Crippen molar-refractivity contribution in [3.05, 3.63) is 87.0 Å². The summed E-state index contributed by atoms with van der Waals surface area (Å²) in [5.41, 5.74) is 2.28. The Bertz CT molecular complexity index is 1180. The van der Waals surface area contributed by atoms with Gasteiger partial charge in [-0.3, -0.25) is 4.79 Å². The third-order valence-corrected chi connectivity index (χ3v) is 5.67. The number of aryl methyl sites for hydroxylation is 1. The number of esters is 1. The van der Waals surface area contributed by atoms with Crippen molar-refractivity contribution in [3.8, 4) is 11.4 Å². The monoisotopic (exact) mass is 390 g/mol. The Labute approximate surface area is 165 Å². The van der Waals surface area contributed by atoms with Crippen LogP contribution in [0.3, 0.4) is 0 Å². The zero-order valence-corrected chi connectivity index (χ0v) is 16.1. The summed E-state index contributed by atoms with van der Waals surface area (Å²) in [7, 11) is 0. The Morgan fingerprint density at radius 1 is 1.07 bits per heavy atom. The standard InChI is InChI=1S/C22H18N2O3S/c1-14-17-20(25)23-19(16-10-6-3-7-11-16)24-21(17)28-18(14)22(26)27-13-12-15-8-4-2-5-9-15/h2-11H,12-13H2,1H3,(H,23,24,25). The van der Waals surface area contributed by atoms with Crippen LogP contribution in [-0.4, -0.2) is 22.5 Å². The number of benzene rings is 2. The smallest absolute Gasteiger partial charge is 0.348 e. The van der Waals surface area contributed by atoms with Gasteiger partial charge in [0.1, 0.15) is 15.5 Å². The van der Waals surface area contributed by atoms with Crippen molar-refractivity contribution >= 4 is 27.5 Å². The lowest BCUT2D eigenvalue weighted by Gasteiger charge is -2.04. The number of hydrogen-bond acceptors (Lipinski definition) is 5. The van der Waals surface area contributed by atoms with Crippen molar-refractivity contribution in [2.24, 2.45) is 0 Å². The molecule has 5 nitrogen and oxygen atoms in total. The van der Waals surface area contributed by atoms with E-state index in [1.807, 2.05) is 60.7 Å². The first kappa shape index (κ1) is 18.1. The summed E-state index contributed by atoms with van der Waals surface area (Å²) in [5.74, 6) is 0.0698. The number of rotatable bonds is 5. The van der Waals surface area contributed by atoms with E-state index in [9.17, 15) is 9.59 Å². The molecule has 0 aliphatic heterocycles. The van der Waals surface area contributed by atoms with E-state index in [0.29, 0.717) is 32.9 Å². The summed E-state index contributed by atoms with van der Waals surface area (Å²) >= 11 is 1.20. The molecule has 0 fully saturated rings. The van der Waals surface area contributed by atoms with Crippen LogP contribution in [0.4, 0.5) is 0 Å². The van der Waals surface area contributed by atoms with Gasteiger partial charge in [0, 0.05) is 12.0 Å². The molecule has 2 aromatic carbocycles. The van der Waals surface area contributed by atoms with Crippen molar-refractivity contribution in [1.82, 2.24) is 9.97 Å². The molecule has 0 spiro atoms. The average molecular weight is 390 g/mol. The Morgan fingerprint density at radius 2 is 1.75 bits per heavy atom. The molecular weight excluding hydrogens is 372 g/mol. The number of ether oxygens (including phenoxy) is 1. The molecule has 2 heterocycles. The van der Waals surface area contributed by atoms with Gasteiger partial charge >= 0.3 is 5.97 Å². The molecule has 0 unspecified atom stereocenters. The van der Waals surface area contributed by atoms with Crippen molar-refractivity contribution < 1.29 is 9.53 Å². The van der Waals surface area contributed by atoms with Gasteiger partial charge in [0.2, 0.25) is 0 Å². The first-order valence-electron chi connectivity index (χ1n) is 8.93. The number of fused-ring (bicyclic) bond motifs is 1. The molecule has 2 aromatic heterocycles. The molecule has 0 radical (unpaired) electrons. The van der Waals surface area contributed by atoms with Crippen molar-refractivity contribution in [2.75, 3.05) is 6.61 Å². The molecule has 0 atom stereocenters. The number of thiophene rings is 1. The van der Waals surface area contributed by atoms with Crippen LogP contribution < -0.4 is 5.56 Å². The third-order valence-electron chi connectivity index (χ3n) is 4.50. The minimum Gasteiger partial charge on any atom is -0.461 e. The fourth-order valence-electron chi connectivity index (χ4n) is 3.04. The van der Waals surface area contributed by atoms with Gasteiger partial charge in [-0.15, -0.1) is 11.3 Å². The van der Waals surface area contributed by atoms with E-state index in [-0.39, 0.29) is 12.2 Å². The zero-order valence-electron chi connectivity index (χ0n) is 15.3. The molecule has 0 saturated carbocycles. The summed E-state index contributed by atoms with van der Waals surface area (Å²) < 4.78 is 5.43. The van der Waals surface area contributed by atoms with Crippen LogP contribution in [0.15, 0.2) is 65.5 Å². The molecule has 4 rings (SSSR count). The Balaban J connectivity index is 1.59. The van der Waals surface area contributed by atoms with E-state index < -0.39 is 5.97 Å². The van der Waals surface area contributed by atoms with E-state index in [2.05, 4.69) is 9.97 Å². The van der Waals surface area contributed by atoms with Gasteiger partial charge in [-0.05, 0) is 18.1 Å². The predicted molar refractivity (Wildman–Crippen MR) is 111 cm³/mol. The summed E-state index contributed by atoms with van der Waals surface area (Å²) in [6, 6.07) is 19.3. The van der Waals surface area contributed by atoms with Crippen molar-refractivity contribution in [1.29, 1.82) is 0 Å². The van der Waals surface area contributed by atoms with Gasteiger partial charge in [0.15, 0.2) is 0 Å². The summed E-state index contributed by atoms with van der Waals surface area (Å²) in [5, 5.41) is 0.444.